The van der Waals surface area contributed by atoms with Crippen molar-refractivity contribution in [1.29, 1.82) is 5.41 Å². The van der Waals surface area contributed by atoms with Gasteiger partial charge in [-0.15, -0.1) is 11.3 Å². The summed E-state index contributed by atoms with van der Waals surface area (Å²) in [6.45, 7) is 0. The van der Waals surface area contributed by atoms with Gasteiger partial charge in [-0.2, -0.15) is 5.10 Å². The second kappa shape index (κ2) is 5.07. The van der Waals surface area contributed by atoms with Crippen LogP contribution >= 0.6 is 11.3 Å². The lowest BCUT2D eigenvalue weighted by Gasteiger charge is -2.01. The van der Waals surface area contributed by atoms with Gasteiger partial charge in [-0.05, 0) is 12.1 Å². The Kier molecular flexibility index (Phi) is 3.12. The normalized spacial score (nSPS) is 11.2. The molecule has 0 aliphatic rings. The maximum Gasteiger partial charge on any atom is 0.203 e. The number of hydrogen-bond acceptors (Lipinski definition) is 4. The lowest BCUT2D eigenvalue weighted by Crippen LogP contribution is -2.09. The van der Waals surface area contributed by atoms with E-state index in [4.69, 9.17) is 9.83 Å². The minimum absolute atomic E-state index is 0.377. The first-order valence-electron chi connectivity index (χ1n) is 5.73. The Morgan fingerprint density at radius 2 is 2.00 bits per heavy atom. The lowest BCUT2D eigenvalue weighted by atomic mass is 10.2. The molecule has 2 aromatic heterocycles. The Labute approximate surface area is 113 Å². The molecule has 0 bridgehead atoms. The van der Waals surface area contributed by atoms with Gasteiger partial charge < -0.3 is 4.42 Å². The van der Waals surface area contributed by atoms with Crippen molar-refractivity contribution in [1.82, 2.24) is 4.68 Å². The maximum absolute atomic E-state index is 7.91. The molecule has 5 heteroatoms. The van der Waals surface area contributed by atoms with Crippen LogP contribution in [0.2, 0.25) is 0 Å². The van der Waals surface area contributed by atoms with Crippen LogP contribution in [0.15, 0.2) is 63.6 Å². The molecule has 0 atom stereocenters. The van der Waals surface area contributed by atoms with E-state index in [1.807, 2.05) is 41.8 Å². The van der Waals surface area contributed by atoms with Crippen LogP contribution in [0.3, 0.4) is 0 Å². The van der Waals surface area contributed by atoms with Crippen LogP contribution in [0.5, 0.6) is 0 Å². The number of thiazole rings is 1. The predicted molar refractivity (Wildman–Crippen MR) is 75.3 cm³/mol. The smallest absolute Gasteiger partial charge is 0.203 e. The fraction of sp³-hybridized carbons (Fsp3) is 0. The summed E-state index contributed by atoms with van der Waals surface area (Å²) >= 11 is 1.35. The number of nitrogens with zero attached hydrogens (tertiary/aromatic N) is 2. The van der Waals surface area contributed by atoms with Crippen molar-refractivity contribution in [3.8, 4) is 11.3 Å². The third-order valence-electron chi connectivity index (χ3n) is 2.62. The van der Waals surface area contributed by atoms with Gasteiger partial charge in [-0.25, -0.2) is 4.68 Å². The van der Waals surface area contributed by atoms with Crippen molar-refractivity contribution >= 4 is 17.6 Å². The molecule has 0 unspecified atom stereocenters. The topological polar surface area (TPSA) is 54.3 Å². The summed E-state index contributed by atoms with van der Waals surface area (Å²) in [6.07, 6.45) is 3.20. The van der Waals surface area contributed by atoms with Crippen LogP contribution in [0.4, 0.5) is 0 Å². The maximum atomic E-state index is 7.91. The van der Waals surface area contributed by atoms with E-state index in [1.54, 1.807) is 23.2 Å². The van der Waals surface area contributed by atoms with E-state index in [0.717, 1.165) is 11.3 Å². The van der Waals surface area contributed by atoms with Gasteiger partial charge in [-0.1, -0.05) is 30.3 Å². The van der Waals surface area contributed by atoms with Crippen LogP contribution in [0.25, 0.3) is 11.3 Å². The first kappa shape index (κ1) is 11.7. The summed E-state index contributed by atoms with van der Waals surface area (Å²) < 4.78 is 6.80. The highest BCUT2D eigenvalue weighted by Gasteiger charge is 2.05. The number of benzene rings is 1. The van der Waals surface area contributed by atoms with Crippen LogP contribution in [-0.4, -0.2) is 10.9 Å². The Morgan fingerprint density at radius 1 is 1.16 bits per heavy atom. The number of nitrogens with one attached hydrogen (secondary N) is 1. The molecule has 19 heavy (non-hydrogen) atoms. The molecule has 0 amide bonds. The van der Waals surface area contributed by atoms with Gasteiger partial charge >= 0.3 is 0 Å². The predicted octanol–water partition coefficient (Wildman–Crippen LogP) is 3.17. The van der Waals surface area contributed by atoms with Crippen molar-refractivity contribution < 1.29 is 4.42 Å². The van der Waals surface area contributed by atoms with E-state index in [0.29, 0.717) is 10.6 Å². The average Bonchev–Trinajstić information content (AvgIpc) is 3.07. The molecule has 0 fully saturated rings. The molecule has 3 rings (SSSR count). The minimum atomic E-state index is 0.377. The summed E-state index contributed by atoms with van der Waals surface area (Å²) in [6, 6.07) is 13.5. The summed E-state index contributed by atoms with van der Waals surface area (Å²) in [5, 5.41) is 14.1. The Hall–Kier alpha value is -2.40. The van der Waals surface area contributed by atoms with E-state index in [-0.39, 0.29) is 0 Å². The molecular formula is C14H11N3OS. The van der Waals surface area contributed by atoms with E-state index in [1.165, 1.54) is 11.3 Å². The SMILES string of the molecule is N=c1scc(-c2ccccc2)n1N=Cc1ccco1. The Morgan fingerprint density at radius 3 is 2.74 bits per heavy atom. The third kappa shape index (κ3) is 2.41. The molecule has 0 saturated heterocycles. The molecule has 0 radical (unpaired) electrons. The second-order valence-electron chi connectivity index (χ2n) is 3.86. The van der Waals surface area contributed by atoms with E-state index in [2.05, 4.69) is 5.10 Å². The first-order chi connectivity index (χ1) is 9.34. The fourth-order valence-electron chi connectivity index (χ4n) is 1.71. The summed E-state index contributed by atoms with van der Waals surface area (Å²) in [7, 11) is 0. The Bertz CT molecular complexity index is 739. The van der Waals surface area contributed by atoms with Gasteiger partial charge in [-0.3, -0.25) is 5.41 Å². The van der Waals surface area contributed by atoms with Gasteiger partial charge in [0, 0.05) is 10.9 Å². The van der Waals surface area contributed by atoms with Crippen molar-refractivity contribution in [3.63, 3.8) is 0 Å². The van der Waals surface area contributed by atoms with Crippen molar-refractivity contribution in [2.75, 3.05) is 0 Å². The molecule has 94 valence electrons. The zero-order valence-electron chi connectivity index (χ0n) is 9.98. The van der Waals surface area contributed by atoms with Crippen molar-refractivity contribution in [2.24, 2.45) is 5.10 Å². The summed E-state index contributed by atoms with van der Waals surface area (Å²) in [5.74, 6) is 0.664. The van der Waals surface area contributed by atoms with Gasteiger partial charge in [0.15, 0.2) is 0 Å². The zero-order chi connectivity index (χ0) is 13.1. The fourth-order valence-corrected chi connectivity index (χ4v) is 2.42. The van der Waals surface area contributed by atoms with Gasteiger partial charge in [0.1, 0.15) is 5.76 Å². The highest BCUT2D eigenvalue weighted by molar-refractivity contribution is 7.07. The molecule has 0 aliphatic carbocycles. The molecule has 0 saturated carbocycles. The van der Waals surface area contributed by atoms with Gasteiger partial charge in [0.2, 0.25) is 4.80 Å². The van der Waals surface area contributed by atoms with Crippen molar-refractivity contribution in [2.45, 2.75) is 0 Å². The first-order valence-corrected chi connectivity index (χ1v) is 6.61. The van der Waals surface area contributed by atoms with Crippen LogP contribution in [0.1, 0.15) is 5.76 Å². The average molecular weight is 269 g/mol. The van der Waals surface area contributed by atoms with Crippen LogP contribution in [0, 0.1) is 5.41 Å². The highest BCUT2D eigenvalue weighted by atomic mass is 32.1. The quantitative estimate of drug-likeness (QED) is 0.729. The third-order valence-corrected chi connectivity index (χ3v) is 3.35. The highest BCUT2D eigenvalue weighted by Crippen LogP contribution is 2.19. The minimum Gasteiger partial charge on any atom is -0.463 e. The number of hydrogen-bond donors (Lipinski definition) is 1. The van der Waals surface area contributed by atoms with Gasteiger partial charge in [0.05, 0.1) is 18.2 Å². The number of furan rings is 1. The summed E-state index contributed by atoms with van der Waals surface area (Å²) in [5.41, 5.74) is 1.94. The molecule has 4 nitrogen and oxygen atoms in total. The monoisotopic (exact) mass is 269 g/mol. The van der Waals surface area contributed by atoms with Crippen LogP contribution < -0.4 is 4.80 Å². The number of rotatable bonds is 3. The van der Waals surface area contributed by atoms with E-state index in [9.17, 15) is 0 Å². The lowest BCUT2D eigenvalue weighted by molar-refractivity contribution is 0.559. The molecule has 1 N–H and O–H groups in total. The molecule has 3 aromatic rings. The standard InChI is InChI=1S/C14H11N3OS/c15-14-17(16-9-12-7-4-8-18-12)13(10-19-14)11-5-2-1-3-6-11/h1-10,15H. The molecule has 0 aliphatic heterocycles. The molecular weight excluding hydrogens is 258 g/mol. The summed E-state index contributed by atoms with van der Waals surface area (Å²) in [4.78, 5) is 0.377. The van der Waals surface area contributed by atoms with E-state index >= 15 is 0 Å². The largest absolute Gasteiger partial charge is 0.463 e. The van der Waals surface area contributed by atoms with Crippen molar-refractivity contribution in [3.05, 3.63) is 64.7 Å². The molecule has 1 aromatic carbocycles. The molecule has 2 heterocycles. The zero-order valence-corrected chi connectivity index (χ0v) is 10.8. The number of aromatic nitrogens is 1. The van der Waals surface area contributed by atoms with Gasteiger partial charge in [0.25, 0.3) is 0 Å². The Balaban J connectivity index is 2.02. The van der Waals surface area contributed by atoms with Crippen LogP contribution in [-0.2, 0) is 0 Å². The molecule has 0 spiro atoms. The second-order valence-corrected chi connectivity index (χ2v) is 4.72. The van der Waals surface area contributed by atoms with E-state index < -0.39 is 0 Å².